The van der Waals surface area contributed by atoms with Crippen LogP contribution in [0.5, 0.6) is 5.75 Å². The van der Waals surface area contributed by atoms with Crippen LogP contribution < -0.4 is 10.1 Å². The molecule has 0 heterocycles. The molecule has 1 amide bonds. The summed E-state index contributed by atoms with van der Waals surface area (Å²) < 4.78 is 5.55. The Balaban J connectivity index is 2.62. The molecular weight excluding hydrogens is 190 g/mol. The fourth-order valence-corrected chi connectivity index (χ4v) is 1.25. The summed E-state index contributed by atoms with van der Waals surface area (Å²) in [6, 6.07) is 7.66. The number of likely N-dealkylation sites (N-methyl/N-ethyl adjacent to an activating group) is 1. The lowest BCUT2D eigenvalue weighted by Gasteiger charge is -2.15. The first-order valence-electron chi connectivity index (χ1n) is 5.15. The molecule has 0 saturated heterocycles. The van der Waals surface area contributed by atoms with Gasteiger partial charge in [0.1, 0.15) is 5.75 Å². The summed E-state index contributed by atoms with van der Waals surface area (Å²) in [4.78, 5) is 11.4. The van der Waals surface area contributed by atoms with Gasteiger partial charge in [0.05, 0.1) is 0 Å². The van der Waals surface area contributed by atoms with E-state index in [-0.39, 0.29) is 5.91 Å². The van der Waals surface area contributed by atoms with Crippen molar-refractivity contribution in [3.05, 3.63) is 29.8 Å². The molecule has 15 heavy (non-hydrogen) atoms. The number of carbonyl (C=O) groups is 1. The molecule has 0 aliphatic heterocycles. The highest BCUT2D eigenvalue weighted by Gasteiger charge is 2.13. The third kappa shape index (κ3) is 3.27. The molecule has 3 heteroatoms. The largest absolute Gasteiger partial charge is 0.481 e. The van der Waals surface area contributed by atoms with Crippen molar-refractivity contribution in [2.45, 2.75) is 26.9 Å². The van der Waals surface area contributed by atoms with Gasteiger partial charge in [-0.05, 0) is 32.4 Å². The summed E-state index contributed by atoms with van der Waals surface area (Å²) in [6.07, 6.45) is -0.453. The van der Waals surface area contributed by atoms with Crippen molar-refractivity contribution < 1.29 is 9.53 Å². The van der Waals surface area contributed by atoms with E-state index in [4.69, 9.17) is 4.74 Å². The third-order valence-electron chi connectivity index (χ3n) is 2.12. The molecule has 0 saturated carbocycles. The van der Waals surface area contributed by atoms with Gasteiger partial charge in [-0.3, -0.25) is 4.79 Å². The van der Waals surface area contributed by atoms with Gasteiger partial charge in [-0.15, -0.1) is 0 Å². The summed E-state index contributed by atoms with van der Waals surface area (Å²) in [5, 5.41) is 2.72. The predicted molar refractivity (Wildman–Crippen MR) is 60.0 cm³/mol. The van der Waals surface area contributed by atoms with Crippen LogP contribution in [0, 0.1) is 6.92 Å². The monoisotopic (exact) mass is 207 g/mol. The van der Waals surface area contributed by atoms with Crippen molar-refractivity contribution >= 4 is 5.91 Å². The molecule has 0 radical (unpaired) electrons. The Morgan fingerprint density at radius 2 is 2.13 bits per heavy atom. The van der Waals surface area contributed by atoms with Crippen LogP contribution in [0.1, 0.15) is 19.4 Å². The Morgan fingerprint density at radius 3 is 2.73 bits per heavy atom. The van der Waals surface area contributed by atoms with Crippen LogP contribution in [0.2, 0.25) is 0 Å². The molecule has 0 aliphatic carbocycles. The van der Waals surface area contributed by atoms with E-state index in [1.54, 1.807) is 6.92 Å². The number of hydrogen-bond acceptors (Lipinski definition) is 2. The summed E-state index contributed by atoms with van der Waals surface area (Å²) in [5.74, 6) is 0.678. The van der Waals surface area contributed by atoms with Crippen LogP contribution in [0.4, 0.5) is 0 Å². The number of ether oxygens (including phenoxy) is 1. The van der Waals surface area contributed by atoms with Gasteiger partial charge in [-0.1, -0.05) is 18.2 Å². The lowest BCUT2D eigenvalue weighted by Crippen LogP contribution is -2.36. The minimum atomic E-state index is -0.453. The summed E-state index contributed by atoms with van der Waals surface area (Å²) in [7, 11) is 0. The van der Waals surface area contributed by atoms with Gasteiger partial charge in [-0.2, -0.15) is 0 Å². The maximum absolute atomic E-state index is 11.4. The van der Waals surface area contributed by atoms with Crippen molar-refractivity contribution in [1.82, 2.24) is 5.32 Å². The van der Waals surface area contributed by atoms with Crippen LogP contribution >= 0.6 is 0 Å². The predicted octanol–water partition coefficient (Wildman–Crippen LogP) is 1.90. The standard InChI is InChI=1S/C12H17NO2/c1-4-13-12(14)10(3)15-11-8-6-5-7-9(11)2/h5-8,10H,4H2,1-3H3,(H,13,14). The first-order chi connectivity index (χ1) is 7.15. The highest BCUT2D eigenvalue weighted by atomic mass is 16.5. The van der Waals surface area contributed by atoms with E-state index < -0.39 is 6.10 Å². The minimum Gasteiger partial charge on any atom is -0.481 e. The maximum atomic E-state index is 11.4. The number of nitrogens with one attached hydrogen (secondary N) is 1. The summed E-state index contributed by atoms with van der Waals surface area (Å²) >= 11 is 0. The van der Waals surface area contributed by atoms with E-state index in [1.807, 2.05) is 38.1 Å². The van der Waals surface area contributed by atoms with E-state index in [0.717, 1.165) is 11.3 Å². The normalized spacial score (nSPS) is 11.9. The zero-order valence-corrected chi connectivity index (χ0v) is 9.41. The molecule has 0 fully saturated rings. The number of amides is 1. The number of benzene rings is 1. The van der Waals surface area contributed by atoms with E-state index in [9.17, 15) is 4.79 Å². The molecule has 1 aromatic rings. The second-order valence-corrected chi connectivity index (χ2v) is 3.42. The Kier molecular flexibility index (Phi) is 4.16. The molecule has 1 rings (SSSR count). The van der Waals surface area contributed by atoms with Crippen molar-refractivity contribution in [1.29, 1.82) is 0 Å². The SMILES string of the molecule is CCNC(=O)C(C)Oc1ccccc1C. The van der Waals surface area contributed by atoms with Crippen LogP contribution in [0.25, 0.3) is 0 Å². The van der Waals surface area contributed by atoms with Gasteiger partial charge in [0.25, 0.3) is 5.91 Å². The summed E-state index contributed by atoms with van der Waals surface area (Å²) in [5.41, 5.74) is 1.04. The molecule has 3 nitrogen and oxygen atoms in total. The topological polar surface area (TPSA) is 38.3 Å². The lowest BCUT2D eigenvalue weighted by molar-refractivity contribution is -0.127. The second kappa shape index (κ2) is 5.39. The third-order valence-corrected chi connectivity index (χ3v) is 2.12. The van der Waals surface area contributed by atoms with E-state index in [0.29, 0.717) is 6.54 Å². The fourth-order valence-electron chi connectivity index (χ4n) is 1.25. The van der Waals surface area contributed by atoms with Crippen molar-refractivity contribution in [3.8, 4) is 5.75 Å². The van der Waals surface area contributed by atoms with Crippen LogP contribution in [0.3, 0.4) is 0 Å². The van der Waals surface area contributed by atoms with Crippen LogP contribution in [-0.4, -0.2) is 18.6 Å². The Hall–Kier alpha value is -1.51. The average Bonchev–Trinajstić information content (AvgIpc) is 2.21. The van der Waals surface area contributed by atoms with Gasteiger partial charge < -0.3 is 10.1 Å². The minimum absolute atomic E-state index is 0.0826. The molecule has 1 atom stereocenters. The van der Waals surface area contributed by atoms with E-state index in [1.165, 1.54) is 0 Å². The first-order valence-corrected chi connectivity index (χ1v) is 5.15. The highest BCUT2D eigenvalue weighted by molar-refractivity contribution is 5.80. The summed E-state index contributed by atoms with van der Waals surface area (Å²) in [6.45, 7) is 6.22. The number of carbonyl (C=O) groups excluding carboxylic acids is 1. The fraction of sp³-hybridized carbons (Fsp3) is 0.417. The molecular formula is C12H17NO2. The molecule has 0 spiro atoms. The Labute approximate surface area is 90.4 Å². The molecule has 0 bridgehead atoms. The molecule has 0 aliphatic rings. The van der Waals surface area contributed by atoms with Gasteiger partial charge in [0, 0.05) is 6.54 Å². The number of aryl methyl sites for hydroxylation is 1. The number of para-hydroxylation sites is 1. The highest BCUT2D eigenvalue weighted by Crippen LogP contribution is 2.17. The van der Waals surface area contributed by atoms with Crippen molar-refractivity contribution in [2.75, 3.05) is 6.54 Å². The second-order valence-electron chi connectivity index (χ2n) is 3.42. The van der Waals surface area contributed by atoms with Crippen LogP contribution in [-0.2, 0) is 4.79 Å². The quantitative estimate of drug-likeness (QED) is 0.819. The van der Waals surface area contributed by atoms with Gasteiger partial charge in [-0.25, -0.2) is 0 Å². The van der Waals surface area contributed by atoms with Gasteiger partial charge in [0.15, 0.2) is 6.10 Å². The zero-order chi connectivity index (χ0) is 11.3. The first kappa shape index (κ1) is 11.6. The maximum Gasteiger partial charge on any atom is 0.260 e. The molecule has 1 aromatic carbocycles. The molecule has 82 valence electrons. The average molecular weight is 207 g/mol. The Bertz CT molecular complexity index is 336. The van der Waals surface area contributed by atoms with Gasteiger partial charge in [0.2, 0.25) is 0 Å². The lowest BCUT2D eigenvalue weighted by atomic mass is 10.2. The smallest absolute Gasteiger partial charge is 0.260 e. The van der Waals surface area contributed by atoms with Crippen molar-refractivity contribution in [2.24, 2.45) is 0 Å². The number of hydrogen-bond donors (Lipinski definition) is 1. The molecule has 1 unspecified atom stereocenters. The van der Waals surface area contributed by atoms with E-state index >= 15 is 0 Å². The van der Waals surface area contributed by atoms with E-state index in [2.05, 4.69) is 5.32 Å². The molecule has 0 aromatic heterocycles. The van der Waals surface area contributed by atoms with Crippen molar-refractivity contribution in [3.63, 3.8) is 0 Å². The zero-order valence-electron chi connectivity index (χ0n) is 9.41. The number of rotatable bonds is 4. The van der Waals surface area contributed by atoms with Gasteiger partial charge >= 0.3 is 0 Å². The molecule has 1 N–H and O–H groups in total. The Morgan fingerprint density at radius 1 is 1.47 bits per heavy atom. The van der Waals surface area contributed by atoms with Crippen LogP contribution in [0.15, 0.2) is 24.3 Å².